The number of hydrogen-bond acceptors (Lipinski definition) is 2. The van der Waals surface area contributed by atoms with Gasteiger partial charge in [-0.3, -0.25) is 0 Å². The van der Waals surface area contributed by atoms with Crippen molar-refractivity contribution in [2.45, 2.75) is 13.8 Å². The van der Waals surface area contributed by atoms with Crippen LogP contribution >= 0.6 is 0 Å². The van der Waals surface area contributed by atoms with Gasteiger partial charge in [-0.2, -0.15) is 0 Å². The number of halogens is 2. The maximum atomic E-state index is 13.5. The molecule has 84 valence electrons. The molecular weight excluding hydrogens is 198 g/mol. The Morgan fingerprint density at radius 3 is 2.47 bits per heavy atom. The van der Waals surface area contributed by atoms with Crippen molar-refractivity contribution < 1.29 is 8.78 Å². The Hall–Kier alpha value is -1.32. The second-order valence-corrected chi connectivity index (χ2v) is 4.07. The molecule has 1 aromatic carbocycles. The van der Waals surface area contributed by atoms with Crippen molar-refractivity contribution in [1.82, 2.24) is 0 Å². The maximum Gasteiger partial charge on any atom is 0.184 e. The molecule has 0 atom stereocenters. The lowest BCUT2D eigenvalue weighted by Crippen LogP contribution is -2.24. The molecule has 2 N–H and O–H groups in total. The molecule has 0 unspecified atom stereocenters. The van der Waals surface area contributed by atoms with Crippen molar-refractivity contribution in [2.75, 3.05) is 24.2 Å². The molecule has 0 saturated carbocycles. The molecule has 1 aromatic rings. The molecular formula is C11H16F2N2. The fourth-order valence-electron chi connectivity index (χ4n) is 1.58. The van der Waals surface area contributed by atoms with Gasteiger partial charge in [0.25, 0.3) is 0 Å². The van der Waals surface area contributed by atoms with E-state index in [9.17, 15) is 8.78 Å². The van der Waals surface area contributed by atoms with Crippen LogP contribution in [0, 0.1) is 17.6 Å². The molecule has 0 aliphatic carbocycles. The highest BCUT2D eigenvalue weighted by Crippen LogP contribution is 2.28. The van der Waals surface area contributed by atoms with Crippen LogP contribution in [0.25, 0.3) is 0 Å². The molecule has 0 aliphatic heterocycles. The van der Waals surface area contributed by atoms with Crippen LogP contribution in [0.15, 0.2) is 12.1 Å². The molecule has 0 fully saturated rings. The summed E-state index contributed by atoms with van der Waals surface area (Å²) >= 11 is 0. The first-order chi connectivity index (χ1) is 6.93. The zero-order valence-corrected chi connectivity index (χ0v) is 9.22. The molecule has 0 spiro atoms. The SMILES string of the molecule is CC(C)CN(C)c1c(N)ccc(F)c1F. The summed E-state index contributed by atoms with van der Waals surface area (Å²) in [4.78, 5) is 1.64. The number of nitrogens with zero attached hydrogens (tertiary/aromatic N) is 1. The first-order valence-electron chi connectivity index (χ1n) is 4.88. The Balaban J connectivity index is 3.07. The van der Waals surface area contributed by atoms with Crippen LogP contribution in [-0.4, -0.2) is 13.6 Å². The van der Waals surface area contributed by atoms with Gasteiger partial charge < -0.3 is 10.6 Å². The minimum atomic E-state index is -0.877. The van der Waals surface area contributed by atoms with Crippen LogP contribution in [0.5, 0.6) is 0 Å². The third-order valence-corrected chi connectivity index (χ3v) is 2.12. The number of benzene rings is 1. The van der Waals surface area contributed by atoms with E-state index in [4.69, 9.17) is 5.73 Å². The van der Waals surface area contributed by atoms with Crippen LogP contribution in [-0.2, 0) is 0 Å². The van der Waals surface area contributed by atoms with E-state index in [2.05, 4.69) is 0 Å². The second-order valence-electron chi connectivity index (χ2n) is 4.07. The summed E-state index contributed by atoms with van der Waals surface area (Å²) in [5.41, 5.74) is 6.02. The third-order valence-electron chi connectivity index (χ3n) is 2.12. The fraction of sp³-hybridized carbons (Fsp3) is 0.455. The van der Waals surface area contributed by atoms with E-state index in [-0.39, 0.29) is 11.4 Å². The molecule has 4 heteroatoms. The van der Waals surface area contributed by atoms with E-state index in [1.54, 1.807) is 11.9 Å². The van der Waals surface area contributed by atoms with Crippen molar-refractivity contribution in [2.24, 2.45) is 5.92 Å². The zero-order valence-electron chi connectivity index (χ0n) is 9.22. The summed E-state index contributed by atoms with van der Waals surface area (Å²) in [7, 11) is 1.70. The highest BCUT2D eigenvalue weighted by Gasteiger charge is 2.16. The van der Waals surface area contributed by atoms with E-state index < -0.39 is 11.6 Å². The minimum absolute atomic E-state index is 0.142. The van der Waals surface area contributed by atoms with Gasteiger partial charge in [0.2, 0.25) is 0 Å². The average Bonchev–Trinajstić information content (AvgIpc) is 2.11. The van der Waals surface area contributed by atoms with E-state index in [0.29, 0.717) is 12.5 Å². The first kappa shape index (κ1) is 11.8. The molecule has 0 radical (unpaired) electrons. The van der Waals surface area contributed by atoms with Gasteiger partial charge in [-0.1, -0.05) is 13.8 Å². The first-order valence-corrected chi connectivity index (χ1v) is 4.88. The molecule has 2 nitrogen and oxygen atoms in total. The molecule has 15 heavy (non-hydrogen) atoms. The Labute approximate surface area is 88.7 Å². The summed E-state index contributed by atoms with van der Waals surface area (Å²) in [5, 5.41) is 0. The average molecular weight is 214 g/mol. The highest BCUT2D eigenvalue weighted by molar-refractivity contribution is 5.68. The van der Waals surface area contributed by atoms with E-state index >= 15 is 0 Å². The predicted octanol–water partition coefficient (Wildman–Crippen LogP) is 2.64. The van der Waals surface area contributed by atoms with Crippen LogP contribution < -0.4 is 10.6 Å². The molecule has 0 bridgehead atoms. The van der Waals surface area contributed by atoms with Crippen LogP contribution in [0.4, 0.5) is 20.2 Å². The third kappa shape index (κ3) is 2.58. The van der Waals surface area contributed by atoms with Crippen LogP contribution in [0.3, 0.4) is 0 Å². The Bertz CT molecular complexity index is 351. The molecule has 0 aromatic heterocycles. The summed E-state index contributed by atoms with van der Waals surface area (Å²) in [6.45, 7) is 4.64. The standard InChI is InChI=1S/C11H16F2N2/c1-7(2)6-15(3)11-9(14)5-4-8(12)10(11)13/h4-5,7H,6,14H2,1-3H3. The van der Waals surface area contributed by atoms with Gasteiger partial charge in [0.15, 0.2) is 11.6 Å². The van der Waals surface area contributed by atoms with Gasteiger partial charge in [0.1, 0.15) is 0 Å². The maximum absolute atomic E-state index is 13.5. The Morgan fingerprint density at radius 2 is 1.93 bits per heavy atom. The molecule has 1 rings (SSSR count). The topological polar surface area (TPSA) is 29.3 Å². The monoisotopic (exact) mass is 214 g/mol. The normalized spacial score (nSPS) is 10.8. The highest BCUT2D eigenvalue weighted by atomic mass is 19.2. The fourth-order valence-corrected chi connectivity index (χ4v) is 1.58. The second kappa shape index (κ2) is 4.47. The molecule has 0 amide bonds. The van der Waals surface area contributed by atoms with Crippen molar-refractivity contribution in [3.8, 4) is 0 Å². The lowest BCUT2D eigenvalue weighted by Gasteiger charge is -2.23. The summed E-state index contributed by atoms with van der Waals surface area (Å²) in [6, 6.07) is 2.42. The van der Waals surface area contributed by atoms with Gasteiger partial charge >= 0.3 is 0 Å². The van der Waals surface area contributed by atoms with Crippen molar-refractivity contribution in [1.29, 1.82) is 0 Å². The smallest absolute Gasteiger partial charge is 0.184 e. The van der Waals surface area contributed by atoms with Crippen LogP contribution in [0.1, 0.15) is 13.8 Å². The quantitative estimate of drug-likeness (QED) is 0.784. The molecule has 0 saturated heterocycles. The van der Waals surface area contributed by atoms with Gasteiger partial charge in [0, 0.05) is 13.6 Å². The van der Waals surface area contributed by atoms with E-state index in [1.807, 2.05) is 13.8 Å². The lowest BCUT2D eigenvalue weighted by molar-refractivity contribution is 0.505. The molecule has 0 aliphatic rings. The number of hydrogen-bond donors (Lipinski definition) is 1. The van der Waals surface area contributed by atoms with E-state index in [0.717, 1.165) is 6.07 Å². The van der Waals surface area contributed by atoms with Crippen molar-refractivity contribution >= 4 is 11.4 Å². The van der Waals surface area contributed by atoms with Gasteiger partial charge in [-0.25, -0.2) is 8.78 Å². The predicted molar refractivity (Wildman–Crippen MR) is 58.9 cm³/mol. The summed E-state index contributed by atoms with van der Waals surface area (Å²) in [6.07, 6.45) is 0. The van der Waals surface area contributed by atoms with Gasteiger partial charge in [-0.15, -0.1) is 0 Å². The van der Waals surface area contributed by atoms with Crippen molar-refractivity contribution in [3.63, 3.8) is 0 Å². The summed E-state index contributed by atoms with van der Waals surface area (Å²) < 4.78 is 26.5. The van der Waals surface area contributed by atoms with Crippen LogP contribution in [0.2, 0.25) is 0 Å². The number of nitrogen functional groups attached to an aromatic ring is 1. The number of anilines is 2. The number of rotatable bonds is 3. The molecule has 0 heterocycles. The Kier molecular flexibility index (Phi) is 3.50. The van der Waals surface area contributed by atoms with Crippen molar-refractivity contribution in [3.05, 3.63) is 23.8 Å². The van der Waals surface area contributed by atoms with Gasteiger partial charge in [0.05, 0.1) is 11.4 Å². The number of nitrogens with two attached hydrogens (primary N) is 1. The van der Waals surface area contributed by atoms with Gasteiger partial charge in [-0.05, 0) is 18.1 Å². The minimum Gasteiger partial charge on any atom is -0.397 e. The zero-order chi connectivity index (χ0) is 11.6. The Morgan fingerprint density at radius 1 is 1.33 bits per heavy atom. The lowest BCUT2D eigenvalue weighted by atomic mass is 10.1. The summed E-state index contributed by atoms with van der Waals surface area (Å²) in [5.74, 6) is -1.38. The van der Waals surface area contributed by atoms with E-state index in [1.165, 1.54) is 6.07 Å². The largest absolute Gasteiger partial charge is 0.397 e.